The largest absolute Gasteiger partial charge is 0.465 e. The van der Waals surface area contributed by atoms with E-state index in [2.05, 4.69) is 6.58 Å². The van der Waals surface area contributed by atoms with Gasteiger partial charge in [-0.3, -0.25) is 0 Å². The van der Waals surface area contributed by atoms with E-state index in [0.29, 0.717) is 36.3 Å². The Morgan fingerprint density at radius 2 is 2.12 bits per heavy atom. The summed E-state index contributed by atoms with van der Waals surface area (Å²) in [6, 6.07) is 1.72. The van der Waals surface area contributed by atoms with E-state index < -0.39 is 5.97 Å². The molecule has 0 spiro atoms. The molecule has 2 atom stereocenters. The van der Waals surface area contributed by atoms with Crippen LogP contribution in [0.25, 0.3) is 6.08 Å². The third kappa shape index (κ3) is 3.82. The number of esters is 2. The molecule has 2 aliphatic rings. The maximum Gasteiger partial charge on any atom is 0.341 e. The Morgan fingerprint density at radius 1 is 1.35 bits per heavy atom. The van der Waals surface area contributed by atoms with E-state index in [4.69, 9.17) is 13.9 Å². The van der Waals surface area contributed by atoms with E-state index in [1.54, 1.807) is 6.07 Å². The van der Waals surface area contributed by atoms with Gasteiger partial charge in [-0.05, 0) is 50.8 Å². The summed E-state index contributed by atoms with van der Waals surface area (Å²) in [6.07, 6.45) is 6.07. The van der Waals surface area contributed by atoms with Crippen LogP contribution in [0.2, 0.25) is 0 Å². The maximum absolute atomic E-state index is 12.1. The summed E-state index contributed by atoms with van der Waals surface area (Å²) < 4.78 is 16.3. The fraction of sp³-hybridized carbons (Fsp3) is 0.429. The van der Waals surface area contributed by atoms with E-state index >= 15 is 0 Å². The molecule has 0 radical (unpaired) electrons. The van der Waals surface area contributed by atoms with Crippen LogP contribution in [-0.4, -0.2) is 25.2 Å². The maximum atomic E-state index is 12.1. The zero-order valence-corrected chi connectivity index (χ0v) is 15.5. The molecule has 2 aliphatic heterocycles. The summed E-state index contributed by atoms with van der Waals surface area (Å²) >= 11 is 0. The number of furan rings is 1. The predicted octanol–water partition coefficient (Wildman–Crippen LogP) is 4.24. The Hall–Kier alpha value is -2.56. The molecule has 0 fully saturated rings. The summed E-state index contributed by atoms with van der Waals surface area (Å²) in [5, 5.41) is 0. The Balaban J connectivity index is 2.01. The summed E-state index contributed by atoms with van der Waals surface area (Å²) in [6.45, 7) is 7.98. The molecule has 0 saturated carbocycles. The van der Waals surface area contributed by atoms with Crippen molar-refractivity contribution in [1.82, 2.24) is 0 Å². The van der Waals surface area contributed by atoms with Crippen LogP contribution in [0.15, 0.2) is 39.9 Å². The van der Waals surface area contributed by atoms with E-state index in [-0.39, 0.29) is 18.0 Å². The zero-order chi connectivity index (χ0) is 18.8. The van der Waals surface area contributed by atoms with Crippen molar-refractivity contribution >= 4 is 18.0 Å². The summed E-state index contributed by atoms with van der Waals surface area (Å²) in [4.78, 5) is 24.2. The van der Waals surface area contributed by atoms with Crippen LogP contribution in [0.4, 0.5) is 0 Å². The van der Waals surface area contributed by atoms with Gasteiger partial charge in [0.05, 0.1) is 7.11 Å². The van der Waals surface area contributed by atoms with Gasteiger partial charge < -0.3 is 13.9 Å². The molecular formula is C21H24O5. The van der Waals surface area contributed by atoms with Gasteiger partial charge in [-0.2, -0.15) is 0 Å². The second kappa shape index (κ2) is 7.36. The fourth-order valence-electron chi connectivity index (χ4n) is 3.48. The highest BCUT2D eigenvalue weighted by Gasteiger charge is 2.28. The van der Waals surface area contributed by atoms with Crippen LogP contribution < -0.4 is 0 Å². The Morgan fingerprint density at radius 3 is 2.81 bits per heavy atom. The number of carbonyl (C=O) groups is 2. The normalized spacial score (nSPS) is 23.0. The second-order valence-electron chi connectivity index (χ2n) is 7.09. The lowest BCUT2D eigenvalue weighted by Crippen LogP contribution is -2.11. The molecule has 5 nitrogen and oxygen atoms in total. The molecule has 26 heavy (non-hydrogen) atoms. The molecule has 3 rings (SSSR count). The molecule has 1 aromatic rings. The van der Waals surface area contributed by atoms with Crippen molar-refractivity contribution < 1.29 is 23.5 Å². The van der Waals surface area contributed by atoms with Crippen molar-refractivity contribution in [2.45, 2.75) is 45.6 Å². The van der Waals surface area contributed by atoms with E-state index in [1.807, 2.05) is 26.0 Å². The molecule has 2 unspecified atom stereocenters. The van der Waals surface area contributed by atoms with Crippen LogP contribution in [0, 0.1) is 5.92 Å². The predicted molar refractivity (Wildman–Crippen MR) is 97.5 cm³/mol. The van der Waals surface area contributed by atoms with Gasteiger partial charge >= 0.3 is 11.9 Å². The van der Waals surface area contributed by atoms with Gasteiger partial charge in [0.1, 0.15) is 23.2 Å². The first-order valence-electron chi connectivity index (χ1n) is 8.82. The Labute approximate surface area is 153 Å². The topological polar surface area (TPSA) is 65.7 Å². The van der Waals surface area contributed by atoms with Crippen LogP contribution >= 0.6 is 0 Å². The van der Waals surface area contributed by atoms with Gasteiger partial charge in [0.25, 0.3) is 0 Å². The Bertz CT molecular complexity index is 808. The van der Waals surface area contributed by atoms with Gasteiger partial charge in [-0.15, -0.1) is 0 Å². The smallest absolute Gasteiger partial charge is 0.341 e. The van der Waals surface area contributed by atoms with Crippen LogP contribution in [0.5, 0.6) is 0 Å². The zero-order valence-electron chi connectivity index (χ0n) is 15.5. The highest BCUT2D eigenvalue weighted by Crippen LogP contribution is 2.31. The number of rotatable bonds is 2. The van der Waals surface area contributed by atoms with Gasteiger partial charge in [-0.25, -0.2) is 9.59 Å². The van der Waals surface area contributed by atoms with E-state index in [1.165, 1.54) is 7.11 Å². The van der Waals surface area contributed by atoms with Crippen molar-refractivity contribution in [3.63, 3.8) is 0 Å². The number of allylic oxidation sites excluding steroid dienone is 1. The lowest BCUT2D eigenvalue weighted by atomic mass is 9.89. The van der Waals surface area contributed by atoms with Gasteiger partial charge in [0.2, 0.25) is 0 Å². The summed E-state index contributed by atoms with van der Waals surface area (Å²) in [5.41, 5.74) is 3.17. The van der Waals surface area contributed by atoms with Crippen molar-refractivity contribution in [2.24, 2.45) is 5.92 Å². The molecule has 0 aliphatic carbocycles. The lowest BCUT2D eigenvalue weighted by molar-refractivity contribution is -0.139. The molecule has 4 bridgehead atoms. The molecule has 1 aromatic heterocycles. The SMILES string of the molecule is C=C(C)C1CCC2=CC(CC(C)=Cc3cc(C(=O)OC)c(o3)C1)OC2=O. The quantitative estimate of drug-likeness (QED) is 0.586. The highest BCUT2D eigenvalue weighted by atomic mass is 16.5. The summed E-state index contributed by atoms with van der Waals surface area (Å²) in [5.74, 6) is 0.662. The number of fused-ring (bicyclic) bond motifs is 3. The average molecular weight is 356 g/mol. The number of methoxy groups -OCH3 is 1. The van der Waals surface area contributed by atoms with Gasteiger partial charge in [0, 0.05) is 18.4 Å². The monoisotopic (exact) mass is 356 g/mol. The molecule has 138 valence electrons. The van der Waals surface area contributed by atoms with E-state index in [0.717, 1.165) is 23.1 Å². The number of hydrogen-bond acceptors (Lipinski definition) is 5. The molecule has 0 saturated heterocycles. The lowest BCUT2D eigenvalue weighted by Gasteiger charge is -2.16. The first-order valence-corrected chi connectivity index (χ1v) is 8.82. The standard InChI is InChI=1S/C21H24O5/c1-12(2)14-5-6-15-9-16(26-20(15)22)7-13(3)8-17-11-18(21(23)24-4)19(10-14)25-17/h8-9,11,14,16H,1,5-7,10H2,2-4H3. The van der Waals surface area contributed by atoms with Crippen molar-refractivity contribution in [1.29, 1.82) is 0 Å². The number of carbonyl (C=O) groups excluding carboxylic acids is 2. The fourth-order valence-corrected chi connectivity index (χ4v) is 3.48. The molecule has 0 N–H and O–H groups in total. The van der Waals surface area contributed by atoms with Gasteiger partial charge in [-0.1, -0.05) is 17.7 Å². The minimum absolute atomic E-state index is 0.0935. The van der Waals surface area contributed by atoms with Crippen molar-refractivity contribution in [3.05, 3.63) is 52.5 Å². The molecule has 0 aromatic carbocycles. The first kappa shape index (κ1) is 18.2. The Kier molecular flexibility index (Phi) is 5.16. The number of hydrogen-bond donors (Lipinski definition) is 0. The average Bonchev–Trinajstić information content (AvgIpc) is 3.13. The van der Waals surface area contributed by atoms with Crippen LogP contribution in [0.1, 0.15) is 55.0 Å². The summed E-state index contributed by atoms with van der Waals surface area (Å²) in [7, 11) is 1.36. The second-order valence-corrected chi connectivity index (χ2v) is 7.09. The van der Waals surface area contributed by atoms with Gasteiger partial charge in [0.15, 0.2) is 0 Å². The van der Waals surface area contributed by atoms with Crippen molar-refractivity contribution in [2.75, 3.05) is 7.11 Å². The van der Waals surface area contributed by atoms with Crippen LogP contribution in [-0.2, 0) is 20.7 Å². The highest BCUT2D eigenvalue weighted by molar-refractivity contribution is 5.91. The minimum Gasteiger partial charge on any atom is -0.465 e. The molecule has 5 heteroatoms. The molecular weight excluding hydrogens is 332 g/mol. The molecule has 0 amide bonds. The third-order valence-corrected chi connectivity index (χ3v) is 4.94. The van der Waals surface area contributed by atoms with Crippen molar-refractivity contribution in [3.8, 4) is 0 Å². The third-order valence-electron chi connectivity index (χ3n) is 4.94. The van der Waals surface area contributed by atoms with Crippen LogP contribution in [0.3, 0.4) is 0 Å². The first-order chi connectivity index (χ1) is 12.4. The number of ether oxygens (including phenoxy) is 2. The van der Waals surface area contributed by atoms with E-state index in [9.17, 15) is 9.59 Å². The molecule has 3 heterocycles. The minimum atomic E-state index is -0.407.